The van der Waals surface area contributed by atoms with Crippen molar-refractivity contribution in [3.8, 4) is 17.6 Å². The number of para-hydroxylation sites is 1. The van der Waals surface area contributed by atoms with Gasteiger partial charge in [-0.2, -0.15) is 18.4 Å². The van der Waals surface area contributed by atoms with Gasteiger partial charge in [-0.05, 0) is 24.3 Å². The molecule has 0 spiro atoms. The van der Waals surface area contributed by atoms with Gasteiger partial charge in [-0.25, -0.2) is 0 Å². The van der Waals surface area contributed by atoms with Crippen molar-refractivity contribution in [1.29, 1.82) is 5.26 Å². The molecular weight excluding hydrogens is 301 g/mol. The van der Waals surface area contributed by atoms with Gasteiger partial charge >= 0.3 is 11.9 Å². The molecule has 0 aliphatic carbocycles. The van der Waals surface area contributed by atoms with Crippen molar-refractivity contribution in [3.63, 3.8) is 0 Å². The number of nitro benzene ring substituents is 1. The summed E-state index contributed by atoms with van der Waals surface area (Å²) in [5, 5.41) is 19.9. The molecule has 0 bridgehead atoms. The van der Waals surface area contributed by atoms with Crippen LogP contribution in [0.25, 0.3) is 0 Å². The van der Waals surface area contributed by atoms with Crippen molar-refractivity contribution in [1.82, 2.24) is 0 Å². The van der Waals surface area contributed by atoms with Gasteiger partial charge < -0.3 is 4.74 Å². The van der Waals surface area contributed by atoms with Gasteiger partial charge in [-0.15, -0.1) is 0 Å². The summed E-state index contributed by atoms with van der Waals surface area (Å²) < 4.78 is 43.0. The van der Waals surface area contributed by atoms with Crippen molar-refractivity contribution in [2.45, 2.75) is 6.18 Å². The van der Waals surface area contributed by atoms with E-state index in [1.165, 1.54) is 18.2 Å². The first-order valence-corrected chi connectivity index (χ1v) is 5.85. The molecule has 0 radical (unpaired) electrons. The van der Waals surface area contributed by atoms with E-state index in [-0.39, 0.29) is 17.1 Å². The van der Waals surface area contributed by atoms with Gasteiger partial charge in [0.05, 0.1) is 16.1 Å². The van der Waals surface area contributed by atoms with Crippen LogP contribution in [0.3, 0.4) is 0 Å². The van der Waals surface area contributed by atoms with Crippen molar-refractivity contribution in [2.24, 2.45) is 0 Å². The molecule has 0 N–H and O–H groups in total. The fourth-order valence-electron chi connectivity index (χ4n) is 1.69. The standard InChI is InChI=1S/C14H7F3N2O3/c15-14(16,17)10-5-6-13(11(7-10)19(20)21)22-12-4-2-1-3-9(12)8-18/h1-7H. The average molecular weight is 308 g/mol. The summed E-state index contributed by atoms with van der Waals surface area (Å²) >= 11 is 0. The Morgan fingerprint density at radius 3 is 2.41 bits per heavy atom. The lowest BCUT2D eigenvalue weighted by Gasteiger charge is -2.10. The summed E-state index contributed by atoms with van der Waals surface area (Å²) in [6.07, 6.45) is -4.70. The van der Waals surface area contributed by atoms with E-state index in [2.05, 4.69) is 0 Å². The van der Waals surface area contributed by atoms with E-state index in [1.807, 2.05) is 6.07 Å². The fraction of sp³-hybridized carbons (Fsp3) is 0.0714. The summed E-state index contributed by atoms with van der Waals surface area (Å²) in [5.74, 6) is -0.353. The molecule has 112 valence electrons. The lowest BCUT2D eigenvalue weighted by Crippen LogP contribution is -2.06. The summed E-state index contributed by atoms with van der Waals surface area (Å²) in [7, 11) is 0. The highest BCUT2D eigenvalue weighted by molar-refractivity contribution is 5.53. The molecule has 2 aromatic carbocycles. The molecular formula is C14H7F3N2O3. The topological polar surface area (TPSA) is 76.2 Å². The predicted octanol–water partition coefficient (Wildman–Crippen LogP) is 4.28. The number of hydrogen-bond donors (Lipinski definition) is 0. The van der Waals surface area contributed by atoms with Crippen LogP contribution in [-0.4, -0.2) is 4.92 Å². The molecule has 0 aromatic heterocycles. The van der Waals surface area contributed by atoms with E-state index in [0.717, 1.165) is 6.07 Å². The smallest absolute Gasteiger partial charge is 0.416 e. The third kappa shape index (κ3) is 3.15. The average Bonchev–Trinajstić information content (AvgIpc) is 2.46. The summed E-state index contributed by atoms with van der Waals surface area (Å²) in [4.78, 5) is 9.97. The Balaban J connectivity index is 2.48. The molecule has 0 saturated heterocycles. The molecule has 0 fully saturated rings. The highest BCUT2D eigenvalue weighted by Crippen LogP contribution is 2.38. The Morgan fingerprint density at radius 1 is 1.14 bits per heavy atom. The molecule has 2 rings (SSSR count). The van der Waals surface area contributed by atoms with E-state index in [9.17, 15) is 23.3 Å². The van der Waals surface area contributed by atoms with Crippen molar-refractivity contribution in [2.75, 3.05) is 0 Å². The number of hydrogen-bond acceptors (Lipinski definition) is 4. The first-order chi connectivity index (χ1) is 10.3. The van der Waals surface area contributed by atoms with Gasteiger partial charge in [0.2, 0.25) is 5.75 Å². The first kappa shape index (κ1) is 15.3. The van der Waals surface area contributed by atoms with E-state index < -0.39 is 22.4 Å². The second-order valence-corrected chi connectivity index (χ2v) is 4.15. The highest BCUT2D eigenvalue weighted by Gasteiger charge is 2.33. The van der Waals surface area contributed by atoms with Crippen LogP contribution in [-0.2, 0) is 6.18 Å². The van der Waals surface area contributed by atoms with Crippen LogP contribution in [0.4, 0.5) is 18.9 Å². The predicted molar refractivity (Wildman–Crippen MR) is 69.3 cm³/mol. The molecule has 0 aliphatic rings. The Hall–Kier alpha value is -3.08. The normalized spacial score (nSPS) is 10.8. The van der Waals surface area contributed by atoms with Crippen LogP contribution in [0.1, 0.15) is 11.1 Å². The van der Waals surface area contributed by atoms with Crippen molar-refractivity contribution >= 4 is 5.69 Å². The van der Waals surface area contributed by atoms with Crippen LogP contribution >= 0.6 is 0 Å². The van der Waals surface area contributed by atoms with Gasteiger partial charge in [0.25, 0.3) is 0 Å². The number of nitrogens with zero attached hydrogens (tertiary/aromatic N) is 2. The van der Waals surface area contributed by atoms with Gasteiger partial charge in [0, 0.05) is 6.07 Å². The van der Waals surface area contributed by atoms with E-state index in [4.69, 9.17) is 10.00 Å². The Kier molecular flexibility index (Phi) is 3.99. The SMILES string of the molecule is N#Cc1ccccc1Oc1ccc(C(F)(F)F)cc1[N+](=O)[O-]. The Morgan fingerprint density at radius 2 is 1.82 bits per heavy atom. The number of ether oxygens (including phenoxy) is 1. The summed E-state index contributed by atoms with van der Waals surface area (Å²) in [5.41, 5.74) is -1.88. The molecule has 2 aromatic rings. The Bertz CT molecular complexity index is 767. The second kappa shape index (κ2) is 5.73. The number of rotatable bonds is 3. The zero-order chi connectivity index (χ0) is 16.3. The van der Waals surface area contributed by atoms with Crippen LogP contribution in [0.2, 0.25) is 0 Å². The van der Waals surface area contributed by atoms with Gasteiger partial charge in [0.1, 0.15) is 11.8 Å². The molecule has 0 aliphatic heterocycles. The van der Waals surface area contributed by atoms with Crippen molar-refractivity contribution < 1.29 is 22.8 Å². The Labute approximate surface area is 122 Å². The first-order valence-electron chi connectivity index (χ1n) is 5.85. The number of nitriles is 1. The largest absolute Gasteiger partial charge is 0.449 e. The minimum atomic E-state index is -4.70. The van der Waals surface area contributed by atoms with E-state index in [1.54, 1.807) is 6.07 Å². The number of halogens is 3. The maximum absolute atomic E-state index is 12.6. The second-order valence-electron chi connectivity index (χ2n) is 4.15. The van der Waals surface area contributed by atoms with Gasteiger partial charge in [-0.3, -0.25) is 10.1 Å². The maximum Gasteiger partial charge on any atom is 0.416 e. The van der Waals surface area contributed by atoms with E-state index in [0.29, 0.717) is 12.1 Å². The van der Waals surface area contributed by atoms with Crippen LogP contribution in [0, 0.1) is 21.4 Å². The van der Waals surface area contributed by atoms with Gasteiger partial charge in [0.15, 0.2) is 0 Å². The number of nitro groups is 1. The van der Waals surface area contributed by atoms with Gasteiger partial charge in [-0.1, -0.05) is 12.1 Å². The van der Waals surface area contributed by atoms with Crippen LogP contribution in [0.15, 0.2) is 42.5 Å². The summed E-state index contributed by atoms with van der Waals surface area (Å²) in [6, 6.07) is 9.66. The number of benzene rings is 2. The molecule has 0 heterocycles. The summed E-state index contributed by atoms with van der Waals surface area (Å²) in [6.45, 7) is 0. The quantitative estimate of drug-likeness (QED) is 0.626. The lowest BCUT2D eigenvalue weighted by molar-refractivity contribution is -0.385. The zero-order valence-corrected chi connectivity index (χ0v) is 10.8. The monoisotopic (exact) mass is 308 g/mol. The molecule has 0 atom stereocenters. The zero-order valence-electron chi connectivity index (χ0n) is 10.8. The highest BCUT2D eigenvalue weighted by atomic mass is 19.4. The number of alkyl halides is 3. The molecule has 0 unspecified atom stereocenters. The molecule has 5 nitrogen and oxygen atoms in total. The molecule has 0 amide bonds. The molecule has 8 heteroatoms. The maximum atomic E-state index is 12.6. The third-order valence-electron chi connectivity index (χ3n) is 2.71. The van der Waals surface area contributed by atoms with Crippen LogP contribution < -0.4 is 4.74 Å². The van der Waals surface area contributed by atoms with E-state index >= 15 is 0 Å². The third-order valence-corrected chi connectivity index (χ3v) is 2.71. The minimum Gasteiger partial charge on any atom is -0.449 e. The fourth-order valence-corrected chi connectivity index (χ4v) is 1.69. The van der Waals surface area contributed by atoms with Crippen molar-refractivity contribution in [3.05, 3.63) is 63.7 Å². The molecule has 22 heavy (non-hydrogen) atoms. The minimum absolute atomic E-state index is 0.0212. The lowest BCUT2D eigenvalue weighted by atomic mass is 10.1. The van der Waals surface area contributed by atoms with Crippen LogP contribution in [0.5, 0.6) is 11.5 Å². The molecule has 0 saturated carbocycles.